The summed E-state index contributed by atoms with van der Waals surface area (Å²) in [4.78, 5) is 23.3. The summed E-state index contributed by atoms with van der Waals surface area (Å²) in [5, 5.41) is 16.7. The van der Waals surface area contributed by atoms with Crippen molar-refractivity contribution in [1.29, 1.82) is 0 Å². The molecule has 0 saturated heterocycles. The van der Waals surface area contributed by atoms with Crippen molar-refractivity contribution in [2.45, 2.75) is 6.92 Å². The van der Waals surface area contributed by atoms with Crippen LogP contribution >= 0.6 is 23.8 Å². The number of hydrogen-bond donors (Lipinski definition) is 2. The van der Waals surface area contributed by atoms with Crippen molar-refractivity contribution in [2.75, 3.05) is 12.4 Å². The van der Waals surface area contributed by atoms with E-state index in [4.69, 9.17) is 28.6 Å². The minimum atomic E-state index is -1.29. The van der Waals surface area contributed by atoms with Gasteiger partial charge in [0.25, 0.3) is 5.91 Å². The number of anilines is 1. The highest BCUT2D eigenvalue weighted by atomic mass is 35.5. The van der Waals surface area contributed by atoms with Crippen LogP contribution in [0.3, 0.4) is 0 Å². The molecular weight excluding hydrogens is 364 g/mol. The fourth-order valence-electron chi connectivity index (χ4n) is 2.13. The van der Waals surface area contributed by atoms with Crippen LogP contribution in [-0.2, 0) is 0 Å². The predicted molar refractivity (Wildman–Crippen MR) is 97.2 cm³/mol. The molecule has 0 saturated carbocycles. The molecule has 6 nitrogen and oxygen atoms in total. The third kappa shape index (κ3) is 4.46. The van der Waals surface area contributed by atoms with E-state index in [1.54, 1.807) is 31.2 Å². The number of methoxy groups -OCH3 is 1. The van der Waals surface area contributed by atoms with E-state index in [1.165, 1.54) is 19.2 Å². The minimum Gasteiger partial charge on any atom is -0.545 e. The van der Waals surface area contributed by atoms with Crippen LogP contribution in [0.15, 0.2) is 36.4 Å². The van der Waals surface area contributed by atoms with Gasteiger partial charge in [0.2, 0.25) is 0 Å². The van der Waals surface area contributed by atoms with Gasteiger partial charge in [0, 0.05) is 16.8 Å². The van der Waals surface area contributed by atoms with Gasteiger partial charge in [-0.3, -0.25) is 10.1 Å². The van der Waals surface area contributed by atoms with Crippen molar-refractivity contribution in [3.63, 3.8) is 0 Å². The number of aromatic carboxylic acids is 1. The number of hydrogen-bond acceptors (Lipinski definition) is 5. The molecule has 2 N–H and O–H groups in total. The first-order chi connectivity index (χ1) is 11.8. The van der Waals surface area contributed by atoms with Gasteiger partial charge in [-0.1, -0.05) is 23.7 Å². The van der Waals surface area contributed by atoms with Crippen LogP contribution in [0.1, 0.15) is 26.3 Å². The minimum absolute atomic E-state index is 0.0236. The molecule has 0 aliphatic heterocycles. The van der Waals surface area contributed by atoms with Gasteiger partial charge in [-0.15, -0.1) is 0 Å². The number of halogens is 1. The van der Waals surface area contributed by atoms with Crippen LogP contribution in [-0.4, -0.2) is 24.1 Å². The molecule has 0 aliphatic carbocycles. The van der Waals surface area contributed by atoms with Crippen LogP contribution in [0, 0.1) is 6.92 Å². The molecule has 0 atom stereocenters. The maximum atomic E-state index is 12.2. The molecule has 0 radical (unpaired) electrons. The van der Waals surface area contributed by atoms with E-state index in [2.05, 4.69) is 10.6 Å². The Labute approximate surface area is 154 Å². The van der Waals surface area contributed by atoms with Crippen molar-refractivity contribution in [2.24, 2.45) is 0 Å². The average Bonchev–Trinajstić information content (AvgIpc) is 2.56. The summed E-state index contributed by atoms with van der Waals surface area (Å²) in [7, 11) is 1.48. The van der Waals surface area contributed by atoms with E-state index in [1.807, 2.05) is 0 Å². The summed E-state index contributed by atoms with van der Waals surface area (Å²) >= 11 is 11.1. The molecule has 25 heavy (non-hydrogen) atoms. The number of carboxylic acid groups (broad SMARTS) is 1. The summed E-state index contributed by atoms with van der Waals surface area (Å²) in [5.41, 5.74) is 1.25. The highest BCUT2D eigenvalue weighted by Crippen LogP contribution is 2.25. The summed E-state index contributed by atoms with van der Waals surface area (Å²) < 4.78 is 5.03. The first kappa shape index (κ1) is 18.7. The quantitative estimate of drug-likeness (QED) is 0.793. The zero-order valence-corrected chi connectivity index (χ0v) is 15.0. The van der Waals surface area contributed by atoms with E-state index in [0.29, 0.717) is 27.6 Å². The molecule has 2 rings (SSSR count). The summed E-state index contributed by atoms with van der Waals surface area (Å²) in [6, 6.07) is 9.20. The first-order valence-electron chi connectivity index (χ1n) is 7.10. The number of nitrogens with one attached hydrogen (secondary N) is 2. The molecule has 0 unspecified atom stereocenters. The maximum Gasteiger partial charge on any atom is 0.257 e. The Morgan fingerprint density at radius 1 is 1.24 bits per heavy atom. The van der Waals surface area contributed by atoms with Crippen LogP contribution < -0.4 is 20.5 Å². The third-order valence-electron chi connectivity index (χ3n) is 3.44. The molecular formula is C17H14ClN2O4S-. The van der Waals surface area contributed by atoms with E-state index >= 15 is 0 Å². The number of amides is 1. The lowest BCUT2D eigenvalue weighted by Crippen LogP contribution is -2.34. The van der Waals surface area contributed by atoms with Crippen molar-refractivity contribution in [3.8, 4) is 5.75 Å². The van der Waals surface area contributed by atoms with Crippen molar-refractivity contribution < 1.29 is 19.4 Å². The van der Waals surface area contributed by atoms with Gasteiger partial charge in [-0.25, -0.2) is 0 Å². The van der Waals surface area contributed by atoms with Crippen LogP contribution in [0.25, 0.3) is 0 Å². The number of carboxylic acids is 1. The second-order valence-corrected chi connectivity index (χ2v) is 5.84. The Bertz CT molecular complexity index is 855. The highest BCUT2D eigenvalue weighted by Gasteiger charge is 2.12. The largest absolute Gasteiger partial charge is 0.545 e. The van der Waals surface area contributed by atoms with Gasteiger partial charge in [-0.05, 0) is 49.0 Å². The molecule has 1 amide bonds. The van der Waals surface area contributed by atoms with Gasteiger partial charge < -0.3 is 20.0 Å². The van der Waals surface area contributed by atoms with Gasteiger partial charge in [0.1, 0.15) is 5.75 Å². The summed E-state index contributed by atoms with van der Waals surface area (Å²) in [5.74, 6) is -1.30. The lowest BCUT2D eigenvalue weighted by molar-refractivity contribution is -0.255. The monoisotopic (exact) mass is 377 g/mol. The second-order valence-electron chi connectivity index (χ2n) is 5.02. The lowest BCUT2D eigenvalue weighted by Gasteiger charge is -2.15. The Kier molecular flexibility index (Phi) is 5.95. The normalized spacial score (nSPS) is 10.0. The fraction of sp³-hybridized carbons (Fsp3) is 0.118. The van der Waals surface area contributed by atoms with Gasteiger partial charge >= 0.3 is 0 Å². The molecule has 0 fully saturated rings. The smallest absolute Gasteiger partial charge is 0.257 e. The molecule has 0 aliphatic rings. The highest BCUT2D eigenvalue weighted by molar-refractivity contribution is 7.80. The Morgan fingerprint density at radius 3 is 2.56 bits per heavy atom. The SMILES string of the molecule is COc1ccc(C(=O)NC(=S)Nc2cccc(C(=O)[O-])c2C)cc1Cl. The fourth-order valence-corrected chi connectivity index (χ4v) is 2.59. The van der Waals surface area contributed by atoms with Gasteiger partial charge in [0.15, 0.2) is 5.11 Å². The molecule has 2 aromatic carbocycles. The molecule has 2 aromatic rings. The molecule has 0 aromatic heterocycles. The molecule has 8 heteroatoms. The molecule has 130 valence electrons. The molecule has 0 spiro atoms. The third-order valence-corrected chi connectivity index (χ3v) is 3.94. The number of carbonyl (C=O) groups is 2. The predicted octanol–water partition coefficient (Wildman–Crippen LogP) is 2.15. The standard InChI is InChI=1S/C17H15ClN2O4S/c1-9-11(16(22)23)4-3-5-13(9)19-17(25)20-15(21)10-6-7-14(24-2)12(18)8-10/h3-8H,1-2H3,(H,22,23)(H2,19,20,21,25)/p-1. The molecule has 0 heterocycles. The van der Waals surface area contributed by atoms with Crippen LogP contribution in [0.2, 0.25) is 5.02 Å². The van der Waals surface area contributed by atoms with E-state index in [-0.39, 0.29) is 10.7 Å². The van der Waals surface area contributed by atoms with E-state index < -0.39 is 11.9 Å². The van der Waals surface area contributed by atoms with Gasteiger partial charge in [-0.2, -0.15) is 0 Å². The summed E-state index contributed by atoms with van der Waals surface area (Å²) in [6.45, 7) is 1.61. The van der Waals surface area contributed by atoms with Crippen LogP contribution in [0.5, 0.6) is 5.75 Å². The second kappa shape index (κ2) is 7.96. The van der Waals surface area contributed by atoms with Gasteiger partial charge in [0.05, 0.1) is 18.1 Å². The Hall–Kier alpha value is -2.64. The first-order valence-corrected chi connectivity index (χ1v) is 7.89. The maximum absolute atomic E-state index is 12.2. The Morgan fingerprint density at radius 2 is 1.96 bits per heavy atom. The number of rotatable bonds is 4. The average molecular weight is 378 g/mol. The number of carbonyl (C=O) groups excluding carboxylic acids is 2. The summed E-state index contributed by atoms with van der Waals surface area (Å²) in [6.07, 6.45) is 0. The topological polar surface area (TPSA) is 90.5 Å². The zero-order chi connectivity index (χ0) is 18.6. The number of benzene rings is 2. The molecule has 0 bridgehead atoms. The number of thiocarbonyl (C=S) groups is 1. The van der Waals surface area contributed by atoms with Crippen molar-refractivity contribution >= 4 is 46.5 Å². The lowest BCUT2D eigenvalue weighted by atomic mass is 10.1. The van der Waals surface area contributed by atoms with E-state index in [9.17, 15) is 14.7 Å². The van der Waals surface area contributed by atoms with Crippen molar-refractivity contribution in [3.05, 3.63) is 58.1 Å². The zero-order valence-electron chi connectivity index (χ0n) is 13.4. The number of ether oxygens (including phenoxy) is 1. The Balaban J connectivity index is 2.10. The van der Waals surface area contributed by atoms with E-state index in [0.717, 1.165) is 0 Å². The van der Waals surface area contributed by atoms with Crippen LogP contribution in [0.4, 0.5) is 5.69 Å². The van der Waals surface area contributed by atoms with Crippen molar-refractivity contribution in [1.82, 2.24) is 5.32 Å².